The number of carbonyl (C=O) groups excluding carboxylic acids is 2. The van der Waals surface area contributed by atoms with E-state index in [0.29, 0.717) is 11.5 Å². The van der Waals surface area contributed by atoms with Crippen molar-refractivity contribution in [3.05, 3.63) is 59.7 Å². The molecule has 0 saturated heterocycles. The first-order valence-corrected chi connectivity index (χ1v) is 14.6. The van der Waals surface area contributed by atoms with Crippen LogP contribution in [0.3, 0.4) is 0 Å². The molecule has 0 aliphatic heterocycles. The highest BCUT2D eigenvalue weighted by molar-refractivity contribution is 5.94. The maximum Gasteiger partial charge on any atom is 0.573 e. The van der Waals surface area contributed by atoms with Gasteiger partial charge in [-0.05, 0) is 67.3 Å². The number of carboxylic acid groups (broad SMARTS) is 1. The van der Waals surface area contributed by atoms with Crippen molar-refractivity contribution in [1.82, 2.24) is 10.2 Å². The number of nitrogens with one attached hydrogen (secondary N) is 2. The highest BCUT2D eigenvalue weighted by Gasteiger charge is 2.33. The number of rotatable bonds is 10. The van der Waals surface area contributed by atoms with Gasteiger partial charge in [-0.2, -0.15) is 0 Å². The summed E-state index contributed by atoms with van der Waals surface area (Å²) in [5, 5.41) is 14.1. The average Bonchev–Trinajstić information content (AvgIpc) is 2.96. The van der Waals surface area contributed by atoms with Crippen molar-refractivity contribution < 1.29 is 37.4 Å². The first-order valence-electron chi connectivity index (χ1n) is 14.6. The number of nitrogens with zero attached hydrogens (tertiary/aromatic N) is 1. The molecule has 228 valence electrons. The molecule has 2 aromatic carbocycles. The van der Waals surface area contributed by atoms with Crippen molar-refractivity contribution in [2.24, 2.45) is 11.8 Å². The lowest BCUT2D eigenvalue weighted by Crippen LogP contribution is -2.44. The quantitative estimate of drug-likeness (QED) is 0.278. The fourth-order valence-electron chi connectivity index (χ4n) is 6.17. The summed E-state index contributed by atoms with van der Waals surface area (Å²) >= 11 is 0. The molecule has 4 rings (SSSR count). The van der Waals surface area contributed by atoms with E-state index in [1.807, 2.05) is 0 Å². The number of urea groups is 1. The van der Waals surface area contributed by atoms with Gasteiger partial charge in [-0.1, -0.05) is 50.3 Å². The molecule has 0 aromatic heterocycles. The van der Waals surface area contributed by atoms with Crippen LogP contribution in [0.4, 0.5) is 23.7 Å². The van der Waals surface area contributed by atoms with Crippen molar-refractivity contribution >= 4 is 23.6 Å². The molecule has 0 atom stereocenters. The normalized spacial score (nSPS) is 19.5. The third-order valence-corrected chi connectivity index (χ3v) is 8.27. The van der Waals surface area contributed by atoms with Crippen molar-refractivity contribution in [3.63, 3.8) is 0 Å². The summed E-state index contributed by atoms with van der Waals surface area (Å²) in [5.74, 6) is -0.415. The van der Waals surface area contributed by atoms with Gasteiger partial charge >= 0.3 is 18.4 Å². The van der Waals surface area contributed by atoms with Gasteiger partial charge in [0, 0.05) is 36.4 Å². The lowest BCUT2D eigenvalue weighted by molar-refractivity contribution is -0.274. The summed E-state index contributed by atoms with van der Waals surface area (Å²) in [6.07, 6.45) is 5.13. The summed E-state index contributed by atoms with van der Waals surface area (Å²) in [5.41, 5.74) is 1.35. The third-order valence-electron chi connectivity index (χ3n) is 8.27. The van der Waals surface area contributed by atoms with Crippen LogP contribution in [-0.2, 0) is 11.3 Å². The molecule has 0 heterocycles. The number of alkyl halides is 3. The maximum atomic E-state index is 13.6. The molecule has 0 spiro atoms. The number of carboxylic acids is 1. The second-order valence-electron chi connectivity index (χ2n) is 11.2. The van der Waals surface area contributed by atoms with Gasteiger partial charge in [-0.15, -0.1) is 13.2 Å². The Morgan fingerprint density at radius 3 is 2.21 bits per heavy atom. The Balaban J connectivity index is 1.45. The first-order chi connectivity index (χ1) is 20.1. The largest absolute Gasteiger partial charge is 0.573 e. The monoisotopic (exact) mass is 589 g/mol. The summed E-state index contributed by atoms with van der Waals surface area (Å²) < 4.78 is 42.2. The fourth-order valence-corrected chi connectivity index (χ4v) is 6.17. The van der Waals surface area contributed by atoms with Crippen LogP contribution >= 0.6 is 0 Å². The number of halogens is 3. The van der Waals surface area contributed by atoms with Crippen LogP contribution in [-0.4, -0.2) is 46.9 Å². The molecular formula is C31H38F3N3O5. The SMILES string of the molecule is O=C(O)CCNC(=O)c1ccc(CN(C(=O)Nc2cccc(OC(F)(F)F)c2)C2CCC(C3CCCCC3)CC2)cc1. The lowest BCUT2D eigenvalue weighted by atomic mass is 9.72. The Kier molecular flexibility index (Phi) is 10.7. The number of ether oxygens (including phenoxy) is 1. The first kappa shape index (κ1) is 31.2. The minimum absolute atomic E-state index is 0.0165. The molecule has 3 N–H and O–H groups in total. The van der Waals surface area contributed by atoms with Gasteiger partial charge in [0.25, 0.3) is 5.91 Å². The Morgan fingerprint density at radius 2 is 1.57 bits per heavy atom. The summed E-state index contributed by atoms with van der Waals surface area (Å²) in [6, 6.07) is 11.5. The van der Waals surface area contributed by atoms with Crippen molar-refractivity contribution in [1.29, 1.82) is 0 Å². The van der Waals surface area contributed by atoms with Gasteiger partial charge in [-0.3, -0.25) is 9.59 Å². The number of amides is 3. The molecule has 42 heavy (non-hydrogen) atoms. The Morgan fingerprint density at radius 1 is 0.905 bits per heavy atom. The van der Waals surface area contributed by atoms with Gasteiger partial charge in [-0.25, -0.2) is 4.79 Å². The van der Waals surface area contributed by atoms with Gasteiger partial charge in [0.15, 0.2) is 0 Å². The van der Waals surface area contributed by atoms with Crippen LogP contribution in [0, 0.1) is 11.8 Å². The summed E-state index contributed by atoms with van der Waals surface area (Å²) in [4.78, 5) is 38.3. The molecular weight excluding hydrogens is 551 g/mol. The highest BCUT2D eigenvalue weighted by Crippen LogP contribution is 2.39. The van der Waals surface area contributed by atoms with E-state index in [9.17, 15) is 27.6 Å². The molecule has 0 radical (unpaired) electrons. The molecule has 2 fully saturated rings. The van der Waals surface area contributed by atoms with Crippen LogP contribution in [0.1, 0.15) is 80.1 Å². The molecule has 11 heteroatoms. The predicted octanol–water partition coefficient (Wildman–Crippen LogP) is 6.96. The number of hydrogen-bond acceptors (Lipinski definition) is 4. The summed E-state index contributed by atoms with van der Waals surface area (Å²) in [6.45, 7) is 0.271. The lowest BCUT2D eigenvalue weighted by Gasteiger charge is -2.40. The molecule has 8 nitrogen and oxygen atoms in total. The van der Waals surface area contributed by atoms with E-state index >= 15 is 0 Å². The predicted molar refractivity (Wildman–Crippen MR) is 151 cm³/mol. The van der Waals surface area contributed by atoms with E-state index < -0.39 is 24.1 Å². The highest BCUT2D eigenvalue weighted by atomic mass is 19.4. The molecule has 0 bridgehead atoms. The smallest absolute Gasteiger partial charge is 0.481 e. The van der Waals surface area contributed by atoms with Crippen LogP contribution in [0.25, 0.3) is 0 Å². The second-order valence-corrected chi connectivity index (χ2v) is 11.2. The van der Waals surface area contributed by atoms with Crippen molar-refractivity contribution in [2.75, 3.05) is 11.9 Å². The minimum Gasteiger partial charge on any atom is -0.481 e. The Hall–Kier alpha value is -3.76. The molecule has 3 amide bonds. The topological polar surface area (TPSA) is 108 Å². The molecule has 0 unspecified atom stereocenters. The fraction of sp³-hybridized carbons (Fsp3) is 0.516. The van der Waals surface area contributed by atoms with E-state index in [1.54, 1.807) is 29.2 Å². The molecule has 2 aromatic rings. The van der Waals surface area contributed by atoms with Gasteiger partial charge < -0.3 is 25.4 Å². The van der Waals surface area contributed by atoms with Gasteiger partial charge in [0.05, 0.1) is 6.42 Å². The van der Waals surface area contributed by atoms with Crippen molar-refractivity contribution in [3.8, 4) is 5.75 Å². The van der Waals surface area contributed by atoms with Crippen LogP contribution < -0.4 is 15.4 Å². The minimum atomic E-state index is -4.84. The van der Waals surface area contributed by atoms with Crippen molar-refractivity contribution in [2.45, 2.75) is 83.2 Å². The maximum absolute atomic E-state index is 13.6. The van der Waals surface area contributed by atoms with E-state index in [-0.39, 0.29) is 37.1 Å². The number of anilines is 1. The van der Waals surface area contributed by atoms with E-state index in [1.165, 1.54) is 50.3 Å². The average molecular weight is 590 g/mol. The standard InChI is InChI=1S/C31H38F3N3O5/c32-31(33,34)42-27-8-4-7-25(19-27)36-30(41)37(26-15-13-23(14-16-26)22-5-2-1-3-6-22)20-21-9-11-24(12-10-21)29(40)35-18-17-28(38)39/h4,7-12,19,22-23,26H,1-3,5-6,13-18,20H2,(H,35,40)(H,36,41)(H,38,39). The zero-order valence-electron chi connectivity index (χ0n) is 23.5. The van der Waals surface area contributed by atoms with Crippen LogP contribution in [0.5, 0.6) is 5.75 Å². The van der Waals surface area contributed by atoms with Crippen LogP contribution in [0.15, 0.2) is 48.5 Å². The van der Waals surface area contributed by atoms with Gasteiger partial charge in [0.1, 0.15) is 5.75 Å². The molecule has 2 aliphatic carbocycles. The Labute approximate surface area is 243 Å². The zero-order chi connectivity index (χ0) is 30.1. The number of benzene rings is 2. The van der Waals surface area contributed by atoms with Gasteiger partial charge in [0.2, 0.25) is 0 Å². The number of carbonyl (C=O) groups is 3. The zero-order valence-corrected chi connectivity index (χ0v) is 23.5. The number of aliphatic carboxylic acids is 1. The van der Waals surface area contributed by atoms with E-state index in [4.69, 9.17) is 5.11 Å². The third kappa shape index (κ3) is 9.39. The molecule has 2 aliphatic rings. The summed E-state index contributed by atoms with van der Waals surface area (Å²) in [7, 11) is 0. The van der Waals surface area contributed by atoms with E-state index in [0.717, 1.165) is 43.2 Å². The second kappa shape index (κ2) is 14.4. The van der Waals surface area contributed by atoms with Crippen LogP contribution in [0.2, 0.25) is 0 Å². The van der Waals surface area contributed by atoms with E-state index in [2.05, 4.69) is 15.4 Å². The Bertz CT molecular complexity index is 1210. The molecule has 2 saturated carbocycles. The number of hydrogen-bond donors (Lipinski definition) is 3.